The van der Waals surface area contributed by atoms with Crippen LogP contribution in [0, 0.1) is 11.5 Å². The average Bonchev–Trinajstić information content (AvgIpc) is 2.80. The fourth-order valence-corrected chi connectivity index (χ4v) is 2.27. The van der Waals surface area contributed by atoms with Crippen molar-refractivity contribution < 1.29 is 9.47 Å². The smallest absolute Gasteiger partial charge is 0.231 e. The van der Waals surface area contributed by atoms with E-state index in [1.54, 1.807) is 0 Å². The zero-order valence-corrected chi connectivity index (χ0v) is 13.0. The van der Waals surface area contributed by atoms with Crippen LogP contribution in [0.15, 0.2) is 24.3 Å². The maximum absolute atomic E-state index is 5.42. The van der Waals surface area contributed by atoms with Gasteiger partial charge in [-0.3, -0.25) is 0 Å². The molecule has 0 saturated carbocycles. The molecular formula is C16H20O2Si. The predicted molar refractivity (Wildman–Crippen MR) is 82.0 cm³/mol. The van der Waals surface area contributed by atoms with Gasteiger partial charge in [0.15, 0.2) is 11.5 Å². The first-order valence-corrected chi connectivity index (χ1v) is 10.1. The molecule has 0 radical (unpaired) electrons. The van der Waals surface area contributed by atoms with Gasteiger partial charge in [-0.2, -0.15) is 0 Å². The highest BCUT2D eigenvalue weighted by atomic mass is 28.3. The SMILES string of the molecule is CC/C=C(\C#C[Si](C)(C)C)c1ccc2c(c1)OCO2. The van der Waals surface area contributed by atoms with Crippen LogP contribution in [0.4, 0.5) is 0 Å². The van der Waals surface area contributed by atoms with Crippen LogP contribution in [0.5, 0.6) is 11.5 Å². The molecule has 2 nitrogen and oxygen atoms in total. The Kier molecular flexibility index (Phi) is 4.01. The van der Waals surface area contributed by atoms with Gasteiger partial charge in [0.05, 0.1) is 0 Å². The van der Waals surface area contributed by atoms with Crippen LogP contribution in [0.2, 0.25) is 19.6 Å². The van der Waals surface area contributed by atoms with Crippen LogP contribution in [-0.2, 0) is 0 Å². The molecule has 1 aromatic carbocycles. The molecule has 0 unspecified atom stereocenters. The summed E-state index contributed by atoms with van der Waals surface area (Å²) in [4.78, 5) is 0. The second kappa shape index (κ2) is 5.54. The zero-order valence-electron chi connectivity index (χ0n) is 12.0. The van der Waals surface area contributed by atoms with Gasteiger partial charge in [0.25, 0.3) is 0 Å². The molecule has 0 saturated heterocycles. The highest BCUT2D eigenvalue weighted by molar-refractivity contribution is 6.84. The van der Waals surface area contributed by atoms with Crippen LogP contribution in [-0.4, -0.2) is 14.9 Å². The molecule has 19 heavy (non-hydrogen) atoms. The molecule has 0 aromatic heterocycles. The number of benzene rings is 1. The van der Waals surface area contributed by atoms with Gasteiger partial charge in [-0.05, 0) is 30.2 Å². The van der Waals surface area contributed by atoms with Crippen molar-refractivity contribution in [1.29, 1.82) is 0 Å². The van der Waals surface area contributed by atoms with E-state index in [-0.39, 0.29) is 0 Å². The number of ether oxygens (including phenoxy) is 2. The van der Waals surface area contributed by atoms with Crippen molar-refractivity contribution in [3.63, 3.8) is 0 Å². The lowest BCUT2D eigenvalue weighted by atomic mass is 10.1. The lowest BCUT2D eigenvalue weighted by Gasteiger charge is -2.06. The van der Waals surface area contributed by atoms with Crippen LogP contribution < -0.4 is 9.47 Å². The molecule has 0 amide bonds. The third-order valence-electron chi connectivity index (χ3n) is 2.66. The molecule has 2 rings (SSSR count). The van der Waals surface area contributed by atoms with E-state index in [0.29, 0.717) is 6.79 Å². The van der Waals surface area contributed by atoms with Gasteiger partial charge in [0.1, 0.15) is 8.07 Å². The summed E-state index contributed by atoms with van der Waals surface area (Å²) in [7, 11) is -1.36. The molecule has 3 heteroatoms. The van der Waals surface area contributed by atoms with Crippen LogP contribution >= 0.6 is 0 Å². The third kappa shape index (κ3) is 3.65. The van der Waals surface area contributed by atoms with E-state index < -0.39 is 8.07 Å². The summed E-state index contributed by atoms with van der Waals surface area (Å²) in [6.45, 7) is 9.20. The molecular weight excluding hydrogens is 252 g/mol. The van der Waals surface area contributed by atoms with Crippen LogP contribution in [0.3, 0.4) is 0 Å². The molecule has 0 bridgehead atoms. The summed E-state index contributed by atoms with van der Waals surface area (Å²) in [5.41, 5.74) is 5.62. The van der Waals surface area contributed by atoms with Crippen molar-refractivity contribution in [2.75, 3.05) is 6.79 Å². The lowest BCUT2D eigenvalue weighted by Crippen LogP contribution is -2.16. The molecule has 0 atom stereocenters. The standard InChI is InChI=1S/C16H20O2Si/c1-5-6-13(9-10-19(2,3)4)14-7-8-15-16(11-14)18-12-17-15/h6-8,11H,5,12H2,1-4H3/b13-6+. The first-order chi connectivity index (χ1) is 8.99. The van der Waals surface area contributed by atoms with E-state index in [0.717, 1.165) is 29.1 Å². The number of rotatable bonds is 2. The Morgan fingerprint density at radius 3 is 2.68 bits per heavy atom. The normalized spacial score (nSPS) is 14.0. The molecule has 100 valence electrons. The van der Waals surface area contributed by atoms with Gasteiger partial charge in [-0.25, -0.2) is 0 Å². The first kappa shape index (κ1) is 13.8. The molecule has 1 aromatic rings. The van der Waals surface area contributed by atoms with E-state index in [4.69, 9.17) is 9.47 Å². The number of allylic oxidation sites excluding steroid dienone is 2. The van der Waals surface area contributed by atoms with Crippen molar-refractivity contribution in [3.8, 4) is 23.0 Å². The van der Waals surface area contributed by atoms with Crippen molar-refractivity contribution in [2.24, 2.45) is 0 Å². The molecule has 1 aliphatic heterocycles. The fourth-order valence-electron chi connectivity index (χ4n) is 1.76. The van der Waals surface area contributed by atoms with E-state index in [9.17, 15) is 0 Å². The van der Waals surface area contributed by atoms with Crippen LogP contribution in [0.25, 0.3) is 5.57 Å². The Morgan fingerprint density at radius 2 is 2.00 bits per heavy atom. The Hall–Kier alpha value is -1.66. The number of hydrogen-bond donors (Lipinski definition) is 0. The molecule has 0 spiro atoms. The van der Waals surface area contributed by atoms with Crippen molar-refractivity contribution >= 4 is 13.6 Å². The highest BCUT2D eigenvalue weighted by Gasteiger charge is 2.14. The van der Waals surface area contributed by atoms with Crippen LogP contribution in [0.1, 0.15) is 18.9 Å². The van der Waals surface area contributed by atoms with Crippen molar-refractivity contribution in [3.05, 3.63) is 29.8 Å². The maximum atomic E-state index is 5.42. The van der Waals surface area contributed by atoms with Gasteiger partial charge < -0.3 is 9.47 Å². The van der Waals surface area contributed by atoms with Crippen molar-refractivity contribution in [2.45, 2.75) is 33.0 Å². The van der Waals surface area contributed by atoms with E-state index in [1.165, 1.54) is 0 Å². The largest absolute Gasteiger partial charge is 0.454 e. The Bertz CT molecular complexity index is 556. The second-order valence-corrected chi connectivity index (χ2v) is 10.3. The summed E-state index contributed by atoms with van der Waals surface area (Å²) < 4.78 is 10.8. The second-order valence-electron chi connectivity index (χ2n) is 5.59. The lowest BCUT2D eigenvalue weighted by molar-refractivity contribution is 0.174. The highest BCUT2D eigenvalue weighted by Crippen LogP contribution is 2.34. The summed E-state index contributed by atoms with van der Waals surface area (Å²) in [5, 5.41) is 0. The Labute approximate surface area is 116 Å². The molecule has 0 fully saturated rings. The predicted octanol–water partition coefficient (Wildman–Crippen LogP) is 4.09. The molecule has 0 N–H and O–H groups in total. The minimum Gasteiger partial charge on any atom is -0.454 e. The van der Waals surface area contributed by atoms with E-state index in [2.05, 4.69) is 44.1 Å². The first-order valence-electron chi connectivity index (χ1n) is 6.63. The third-order valence-corrected chi connectivity index (χ3v) is 3.54. The van der Waals surface area contributed by atoms with Crippen molar-refractivity contribution in [1.82, 2.24) is 0 Å². The average molecular weight is 272 g/mol. The summed E-state index contributed by atoms with van der Waals surface area (Å²) in [5.74, 6) is 4.98. The van der Waals surface area contributed by atoms with E-state index in [1.807, 2.05) is 18.2 Å². The quantitative estimate of drug-likeness (QED) is 0.596. The summed E-state index contributed by atoms with van der Waals surface area (Å²) in [6.07, 6.45) is 3.15. The molecule has 0 aliphatic carbocycles. The number of hydrogen-bond acceptors (Lipinski definition) is 2. The molecule has 1 heterocycles. The maximum Gasteiger partial charge on any atom is 0.231 e. The van der Waals surface area contributed by atoms with Gasteiger partial charge in [0, 0.05) is 5.57 Å². The topological polar surface area (TPSA) is 18.5 Å². The Balaban J connectivity index is 2.34. The fraction of sp³-hybridized carbons (Fsp3) is 0.375. The van der Waals surface area contributed by atoms with Gasteiger partial charge in [0.2, 0.25) is 6.79 Å². The number of fused-ring (bicyclic) bond motifs is 1. The monoisotopic (exact) mass is 272 g/mol. The van der Waals surface area contributed by atoms with Gasteiger partial charge in [-0.1, -0.05) is 38.6 Å². The van der Waals surface area contributed by atoms with Gasteiger partial charge in [-0.15, -0.1) is 5.54 Å². The molecule has 1 aliphatic rings. The van der Waals surface area contributed by atoms with E-state index >= 15 is 0 Å². The minimum atomic E-state index is -1.36. The minimum absolute atomic E-state index is 0.312. The van der Waals surface area contributed by atoms with Gasteiger partial charge >= 0.3 is 0 Å². The zero-order chi connectivity index (χ0) is 13.9. The summed E-state index contributed by atoms with van der Waals surface area (Å²) in [6, 6.07) is 6.02. The summed E-state index contributed by atoms with van der Waals surface area (Å²) >= 11 is 0. The Morgan fingerprint density at radius 1 is 1.26 bits per heavy atom.